The van der Waals surface area contributed by atoms with Crippen molar-refractivity contribution in [3.8, 4) is 0 Å². The Labute approximate surface area is 143 Å². The smallest absolute Gasteiger partial charge is 0.404 e. The molecule has 0 radical (unpaired) electrons. The number of rotatable bonds is 3. The highest BCUT2D eigenvalue weighted by Gasteiger charge is 2.22. The Hall–Kier alpha value is -2.38. The molecule has 2 heterocycles. The van der Waals surface area contributed by atoms with Gasteiger partial charge in [0.05, 0.1) is 5.52 Å². The molecule has 1 saturated heterocycles. The first-order valence-corrected chi connectivity index (χ1v) is 8.01. The second kappa shape index (κ2) is 7.02. The number of carbonyl (C=O) groups excluding carboxylic acids is 1. The number of nitrogens with zero attached hydrogens (tertiary/aromatic N) is 2. The van der Waals surface area contributed by atoms with Crippen molar-refractivity contribution in [3.05, 3.63) is 41.0 Å². The SMILES string of the molecule is O=C(O)NC1CCN(NC(=O)c2ccc3cc(Cl)ccc3n2)CC1. The summed E-state index contributed by atoms with van der Waals surface area (Å²) >= 11 is 5.94. The lowest BCUT2D eigenvalue weighted by Crippen LogP contribution is -2.51. The molecule has 0 atom stereocenters. The molecule has 2 aromatic rings. The molecular weight excluding hydrogens is 332 g/mol. The number of hydrazine groups is 1. The second-order valence-corrected chi connectivity index (χ2v) is 6.12. The summed E-state index contributed by atoms with van der Waals surface area (Å²) in [6.45, 7) is 1.17. The number of hydrogen-bond donors (Lipinski definition) is 3. The first kappa shape index (κ1) is 16.5. The van der Waals surface area contributed by atoms with Gasteiger partial charge in [0.15, 0.2) is 0 Å². The number of halogens is 1. The van der Waals surface area contributed by atoms with Crippen LogP contribution in [0.15, 0.2) is 30.3 Å². The molecule has 0 unspecified atom stereocenters. The van der Waals surface area contributed by atoms with Crippen LogP contribution < -0.4 is 10.7 Å². The Kier molecular flexibility index (Phi) is 4.82. The summed E-state index contributed by atoms with van der Waals surface area (Å²) in [7, 11) is 0. The van der Waals surface area contributed by atoms with E-state index < -0.39 is 6.09 Å². The van der Waals surface area contributed by atoms with Crippen LogP contribution in [0.1, 0.15) is 23.3 Å². The number of carboxylic acid groups (broad SMARTS) is 1. The predicted octanol–water partition coefficient (Wildman–Crippen LogP) is 2.26. The minimum atomic E-state index is -1.02. The van der Waals surface area contributed by atoms with Crippen LogP contribution in [0.3, 0.4) is 0 Å². The van der Waals surface area contributed by atoms with E-state index in [0.717, 1.165) is 5.39 Å². The normalized spacial score (nSPS) is 16.0. The fourth-order valence-corrected chi connectivity index (χ4v) is 2.91. The summed E-state index contributed by atoms with van der Waals surface area (Å²) in [6.07, 6.45) is 0.282. The van der Waals surface area contributed by atoms with Crippen LogP contribution in [-0.2, 0) is 0 Å². The number of pyridine rings is 1. The summed E-state index contributed by atoms with van der Waals surface area (Å²) in [5.74, 6) is -0.281. The van der Waals surface area contributed by atoms with Crippen molar-refractivity contribution in [1.29, 1.82) is 0 Å². The third kappa shape index (κ3) is 3.93. The number of fused-ring (bicyclic) bond motifs is 1. The van der Waals surface area contributed by atoms with Crippen LogP contribution in [0.4, 0.5) is 4.79 Å². The molecular formula is C16H17ClN4O3. The van der Waals surface area contributed by atoms with Gasteiger partial charge in [-0.15, -0.1) is 0 Å². The number of carbonyl (C=O) groups is 2. The maximum atomic E-state index is 12.3. The van der Waals surface area contributed by atoms with Crippen molar-refractivity contribution in [3.63, 3.8) is 0 Å². The van der Waals surface area contributed by atoms with Crippen LogP contribution in [0.2, 0.25) is 5.02 Å². The summed E-state index contributed by atoms with van der Waals surface area (Å²) in [4.78, 5) is 27.3. The van der Waals surface area contributed by atoms with Gasteiger partial charge in [-0.3, -0.25) is 10.2 Å². The van der Waals surface area contributed by atoms with Crippen LogP contribution in [0.25, 0.3) is 10.9 Å². The van der Waals surface area contributed by atoms with E-state index in [1.807, 2.05) is 6.07 Å². The number of piperidine rings is 1. The van der Waals surface area contributed by atoms with Crippen LogP contribution in [0.5, 0.6) is 0 Å². The molecule has 1 aromatic heterocycles. The van der Waals surface area contributed by atoms with Crippen molar-refractivity contribution >= 4 is 34.5 Å². The summed E-state index contributed by atoms with van der Waals surface area (Å²) in [5.41, 5.74) is 3.85. The van der Waals surface area contributed by atoms with Gasteiger partial charge in [0.25, 0.3) is 5.91 Å². The zero-order valence-electron chi connectivity index (χ0n) is 12.8. The third-order valence-electron chi connectivity index (χ3n) is 3.97. The Morgan fingerprint density at radius 1 is 1.21 bits per heavy atom. The van der Waals surface area contributed by atoms with E-state index >= 15 is 0 Å². The Bertz CT molecular complexity index is 775. The van der Waals surface area contributed by atoms with Gasteiger partial charge in [-0.25, -0.2) is 14.8 Å². The van der Waals surface area contributed by atoms with Gasteiger partial charge < -0.3 is 10.4 Å². The molecule has 0 aliphatic carbocycles. The van der Waals surface area contributed by atoms with Gasteiger partial charge >= 0.3 is 6.09 Å². The van der Waals surface area contributed by atoms with E-state index in [1.165, 1.54) is 0 Å². The zero-order valence-corrected chi connectivity index (χ0v) is 13.6. The quantitative estimate of drug-likeness (QED) is 0.791. The lowest BCUT2D eigenvalue weighted by molar-refractivity contribution is 0.0715. The zero-order chi connectivity index (χ0) is 17.1. The fourth-order valence-electron chi connectivity index (χ4n) is 2.73. The first-order valence-electron chi connectivity index (χ1n) is 7.63. The molecule has 126 valence electrons. The molecule has 1 fully saturated rings. The van der Waals surface area contributed by atoms with E-state index in [4.69, 9.17) is 16.7 Å². The molecule has 3 N–H and O–H groups in total. The summed E-state index contributed by atoms with van der Waals surface area (Å²) in [6, 6.07) is 8.71. The standard InChI is InChI=1S/C16H17ClN4O3/c17-11-2-4-13-10(9-11)1-3-14(19-13)15(22)20-21-7-5-12(6-8-21)18-16(23)24/h1-4,9,12,18H,5-8H2,(H,20,22)(H,23,24). The van der Waals surface area contributed by atoms with E-state index in [1.54, 1.807) is 29.3 Å². The largest absolute Gasteiger partial charge is 0.465 e. The molecule has 0 spiro atoms. The summed E-state index contributed by atoms with van der Waals surface area (Å²) < 4.78 is 0. The fraction of sp³-hybridized carbons (Fsp3) is 0.312. The molecule has 8 heteroatoms. The predicted molar refractivity (Wildman–Crippen MR) is 90.0 cm³/mol. The molecule has 1 aliphatic heterocycles. The highest BCUT2D eigenvalue weighted by Crippen LogP contribution is 2.18. The molecule has 7 nitrogen and oxygen atoms in total. The van der Waals surface area contributed by atoms with Crippen molar-refractivity contribution in [1.82, 2.24) is 20.7 Å². The van der Waals surface area contributed by atoms with Gasteiger partial charge in [0.2, 0.25) is 0 Å². The van der Waals surface area contributed by atoms with E-state index in [-0.39, 0.29) is 11.9 Å². The number of amides is 2. The average Bonchev–Trinajstić information content (AvgIpc) is 2.55. The van der Waals surface area contributed by atoms with Crippen molar-refractivity contribution < 1.29 is 14.7 Å². The average molecular weight is 349 g/mol. The Morgan fingerprint density at radius 2 is 1.96 bits per heavy atom. The highest BCUT2D eigenvalue weighted by molar-refractivity contribution is 6.31. The third-order valence-corrected chi connectivity index (χ3v) is 4.20. The van der Waals surface area contributed by atoms with Crippen molar-refractivity contribution in [2.24, 2.45) is 0 Å². The summed E-state index contributed by atoms with van der Waals surface area (Å²) in [5, 5.41) is 14.5. The van der Waals surface area contributed by atoms with Gasteiger partial charge in [-0.1, -0.05) is 17.7 Å². The van der Waals surface area contributed by atoms with Gasteiger partial charge in [-0.2, -0.15) is 0 Å². The van der Waals surface area contributed by atoms with E-state index in [2.05, 4.69) is 15.7 Å². The molecule has 3 rings (SSSR count). The topological polar surface area (TPSA) is 94.6 Å². The molecule has 2 amide bonds. The van der Waals surface area contributed by atoms with Crippen LogP contribution in [0, 0.1) is 0 Å². The van der Waals surface area contributed by atoms with Crippen LogP contribution in [-0.4, -0.2) is 46.2 Å². The number of nitrogens with one attached hydrogen (secondary N) is 2. The molecule has 24 heavy (non-hydrogen) atoms. The monoisotopic (exact) mass is 348 g/mol. The minimum absolute atomic E-state index is 0.0702. The van der Waals surface area contributed by atoms with Gasteiger partial charge in [0, 0.05) is 29.5 Å². The maximum Gasteiger partial charge on any atom is 0.404 e. The molecule has 0 bridgehead atoms. The Balaban J connectivity index is 1.61. The second-order valence-electron chi connectivity index (χ2n) is 5.69. The van der Waals surface area contributed by atoms with Crippen molar-refractivity contribution in [2.75, 3.05) is 13.1 Å². The van der Waals surface area contributed by atoms with Gasteiger partial charge in [0.1, 0.15) is 5.69 Å². The lowest BCUT2D eigenvalue weighted by atomic mass is 10.1. The first-order chi connectivity index (χ1) is 11.5. The van der Waals surface area contributed by atoms with E-state index in [9.17, 15) is 9.59 Å². The van der Waals surface area contributed by atoms with Crippen LogP contribution >= 0.6 is 11.6 Å². The number of hydrogen-bond acceptors (Lipinski definition) is 4. The van der Waals surface area contributed by atoms with E-state index in [0.29, 0.717) is 42.2 Å². The Morgan fingerprint density at radius 3 is 2.67 bits per heavy atom. The molecule has 0 saturated carbocycles. The number of aromatic nitrogens is 1. The molecule has 1 aromatic carbocycles. The van der Waals surface area contributed by atoms with Crippen molar-refractivity contribution in [2.45, 2.75) is 18.9 Å². The lowest BCUT2D eigenvalue weighted by Gasteiger charge is -2.31. The highest BCUT2D eigenvalue weighted by atomic mass is 35.5. The molecule has 1 aliphatic rings. The van der Waals surface area contributed by atoms with Gasteiger partial charge in [-0.05, 0) is 37.1 Å². The maximum absolute atomic E-state index is 12.3. The number of benzene rings is 1. The minimum Gasteiger partial charge on any atom is -0.465 e.